The highest BCUT2D eigenvalue weighted by molar-refractivity contribution is 6.30. The van der Waals surface area contributed by atoms with Gasteiger partial charge >= 0.3 is 6.03 Å². The summed E-state index contributed by atoms with van der Waals surface area (Å²) in [6.07, 6.45) is 0. The molecule has 2 saturated heterocycles. The molecule has 1 aromatic carbocycles. The Balaban J connectivity index is 1.54. The standard InChI is InChI=1S/C20H29ClN4O3/c1-15(2)18(19(26)24-11-13-28-14-12-24)22-20(27)25-9-7-23(8-10-25)17-5-3-16(21)4-6-17/h3-6,15,18H,7-14H2,1-2H3,(H,22,27). The third-order valence-corrected chi connectivity index (χ3v) is 5.55. The van der Waals surface area contributed by atoms with Crippen molar-refractivity contribution in [2.75, 3.05) is 57.4 Å². The lowest BCUT2D eigenvalue weighted by Gasteiger charge is -2.38. The van der Waals surface area contributed by atoms with E-state index >= 15 is 0 Å². The molecule has 3 amide bonds. The van der Waals surface area contributed by atoms with Crippen molar-refractivity contribution in [1.29, 1.82) is 0 Å². The van der Waals surface area contributed by atoms with Gasteiger partial charge in [-0.05, 0) is 30.2 Å². The second-order valence-electron chi connectivity index (χ2n) is 7.56. The number of ether oxygens (including phenoxy) is 1. The van der Waals surface area contributed by atoms with Gasteiger partial charge in [-0.15, -0.1) is 0 Å². The normalized spacial score (nSPS) is 18.9. The number of hydrogen-bond acceptors (Lipinski definition) is 4. The van der Waals surface area contributed by atoms with Gasteiger partial charge in [-0.2, -0.15) is 0 Å². The van der Waals surface area contributed by atoms with Crippen LogP contribution < -0.4 is 10.2 Å². The summed E-state index contributed by atoms with van der Waals surface area (Å²) in [6, 6.07) is 7.05. The first-order chi connectivity index (χ1) is 13.5. The number of carbonyl (C=O) groups is 2. The molecule has 2 fully saturated rings. The van der Waals surface area contributed by atoms with E-state index in [1.807, 2.05) is 38.1 Å². The highest BCUT2D eigenvalue weighted by Gasteiger charge is 2.31. The molecule has 3 rings (SSSR count). The monoisotopic (exact) mass is 408 g/mol. The molecular formula is C20H29ClN4O3. The summed E-state index contributed by atoms with van der Waals surface area (Å²) in [6.45, 7) is 8.92. The van der Waals surface area contributed by atoms with Crippen molar-refractivity contribution in [1.82, 2.24) is 15.1 Å². The van der Waals surface area contributed by atoms with Crippen molar-refractivity contribution in [3.05, 3.63) is 29.3 Å². The molecule has 2 aliphatic rings. The SMILES string of the molecule is CC(C)C(NC(=O)N1CCN(c2ccc(Cl)cc2)CC1)C(=O)N1CCOCC1. The molecule has 2 aliphatic heterocycles. The summed E-state index contributed by atoms with van der Waals surface area (Å²) in [4.78, 5) is 31.4. The van der Waals surface area contributed by atoms with Gasteiger partial charge in [0, 0.05) is 50.0 Å². The summed E-state index contributed by atoms with van der Waals surface area (Å²) in [5.41, 5.74) is 1.10. The van der Waals surface area contributed by atoms with E-state index in [-0.39, 0.29) is 17.9 Å². The number of halogens is 1. The molecule has 8 heteroatoms. The summed E-state index contributed by atoms with van der Waals surface area (Å²) in [7, 11) is 0. The van der Waals surface area contributed by atoms with Gasteiger partial charge in [0.15, 0.2) is 0 Å². The van der Waals surface area contributed by atoms with Crippen LogP contribution in [-0.2, 0) is 9.53 Å². The van der Waals surface area contributed by atoms with E-state index in [1.165, 1.54) is 0 Å². The summed E-state index contributed by atoms with van der Waals surface area (Å²) in [5, 5.41) is 3.68. The van der Waals surface area contributed by atoms with Crippen LogP contribution in [0.25, 0.3) is 0 Å². The number of urea groups is 1. The van der Waals surface area contributed by atoms with Crippen molar-refractivity contribution in [3.63, 3.8) is 0 Å². The van der Waals surface area contributed by atoms with Crippen LogP contribution in [0.1, 0.15) is 13.8 Å². The topological polar surface area (TPSA) is 65.1 Å². The number of piperazine rings is 1. The molecule has 2 heterocycles. The molecule has 28 heavy (non-hydrogen) atoms. The molecule has 0 aromatic heterocycles. The highest BCUT2D eigenvalue weighted by atomic mass is 35.5. The number of anilines is 1. The largest absolute Gasteiger partial charge is 0.378 e. The Bertz CT molecular complexity index is 669. The van der Waals surface area contributed by atoms with Crippen molar-refractivity contribution in [3.8, 4) is 0 Å². The number of nitrogens with zero attached hydrogens (tertiary/aromatic N) is 3. The maximum atomic E-state index is 12.8. The zero-order chi connectivity index (χ0) is 20.1. The second-order valence-corrected chi connectivity index (χ2v) is 8.00. The Morgan fingerprint density at radius 1 is 0.964 bits per heavy atom. The summed E-state index contributed by atoms with van der Waals surface area (Å²) >= 11 is 5.95. The lowest BCUT2D eigenvalue weighted by molar-refractivity contribution is -0.138. The molecule has 0 saturated carbocycles. The summed E-state index contributed by atoms with van der Waals surface area (Å²) in [5.74, 6) is 0.00102. The third-order valence-electron chi connectivity index (χ3n) is 5.29. The molecule has 0 aliphatic carbocycles. The van der Waals surface area contributed by atoms with Crippen molar-refractivity contribution in [2.45, 2.75) is 19.9 Å². The molecule has 0 bridgehead atoms. The van der Waals surface area contributed by atoms with Crippen LogP contribution in [0.5, 0.6) is 0 Å². The molecule has 1 unspecified atom stereocenters. The predicted octanol–water partition coefficient (Wildman–Crippen LogP) is 2.05. The molecular weight excluding hydrogens is 380 g/mol. The van der Waals surface area contributed by atoms with Crippen LogP contribution in [0.2, 0.25) is 5.02 Å². The lowest BCUT2D eigenvalue weighted by atomic mass is 10.0. The number of nitrogens with one attached hydrogen (secondary N) is 1. The van der Waals surface area contributed by atoms with Gasteiger partial charge in [-0.1, -0.05) is 25.4 Å². The first-order valence-electron chi connectivity index (χ1n) is 9.88. The maximum absolute atomic E-state index is 12.8. The maximum Gasteiger partial charge on any atom is 0.318 e. The van der Waals surface area contributed by atoms with Gasteiger partial charge in [-0.25, -0.2) is 4.79 Å². The van der Waals surface area contributed by atoms with Gasteiger partial charge in [-0.3, -0.25) is 4.79 Å². The molecule has 1 aromatic rings. The zero-order valence-corrected chi connectivity index (χ0v) is 17.3. The minimum absolute atomic E-state index is 0.0218. The van der Waals surface area contributed by atoms with Crippen molar-refractivity contribution in [2.24, 2.45) is 5.92 Å². The Labute approximate surface area is 171 Å². The average Bonchev–Trinajstić information content (AvgIpc) is 2.72. The quantitative estimate of drug-likeness (QED) is 0.828. The Kier molecular flexibility index (Phi) is 7.02. The number of benzene rings is 1. The Morgan fingerprint density at radius 2 is 1.57 bits per heavy atom. The van der Waals surface area contributed by atoms with E-state index < -0.39 is 6.04 Å². The van der Waals surface area contributed by atoms with Crippen molar-refractivity contribution < 1.29 is 14.3 Å². The third kappa shape index (κ3) is 5.08. The van der Waals surface area contributed by atoms with Gasteiger partial charge in [0.05, 0.1) is 13.2 Å². The number of rotatable bonds is 4. The van der Waals surface area contributed by atoms with Crippen LogP contribution in [0, 0.1) is 5.92 Å². The molecule has 0 spiro atoms. The van der Waals surface area contributed by atoms with Crippen LogP contribution in [-0.4, -0.2) is 80.3 Å². The minimum atomic E-state index is -0.514. The molecule has 1 N–H and O–H groups in total. The Hall–Kier alpha value is -1.99. The van der Waals surface area contributed by atoms with E-state index in [2.05, 4.69) is 10.2 Å². The van der Waals surface area contributed by atoms with Crippen LogP contribution >= 0.6 is 11.6 Å². The molecule has 154 valence electrons. The minimum Gasteiger partial charge on any atom is -0.378 e. The lowest BCUT2D eigenvalue weighted by Crippen LogP contribution is -2.58. The highest BCUT2D eigenvalue weighted by Crippen LogP contribution is 2.19. The van der Waals surface area contributed by atoms with Crippen LogP contribution in [0.4, 0.5) is 10.5 Å². The number of amides is 3. The van der Waals surface area contributed by atoms with Crippen LogP contribution in [0.15, 0.2) is 24.3 Å². The fourth-order valence-corrected chi connectivity index (χ4v) is 3.66. The Morgan fingerprint density at radius 3 is 2.14 bits per heavy atom. The van der Waals surface area contributed by atoms with Gasteiger partial charge in [0.1, 0.15) is 6.04 Å². The fourth-order valence-electron chi connectivity index (χ4n) is 3.54. The van der Waals surface area contributed by atoms with Gasteiger partial charge in [0.2, 0.25) is 5.91 Å². The van der Waals surface area contributed by atoms with Crippen molar-refractivity contribution >= 4 is 29.2 Å². The van der Waals surface area contributed by atoms with Crippen LogP contribution in [0.3, 0.4) is 0 Å². The van der Waals surface area contributed by atoms with E-state index in [4.69, 9.17) is 16.3 Å². The molecule has 1 atom stereocenters. The molecule has 7 nitrogen and oxygen atoms in total. The zero-order valence-electron chi connectivity index (χ0n) is 16.6. The number of carbonyl (C=O) groups excluding carboxylic acids is 2. The first kappa shape index (κ1) is 20.7. The molecule has 0 radical (unpaired) electrons. The van der Waals surface area contributed by atoms with E-state index in [0.717, 1.165) is 18.8 Å². The van der Waals surface area contributed by atoms with Gasteiger partial charge < -0.3 is 24.8 Å². The summed E-state index contributed by atoms with van der Waals surface area (Å²) < 4.78 is 5.32. The smallest absolute Gasteiger partial charge is 0.318 e. The van der Waals surface area contributed by atoms with E-state index in [1.54, 1.807) is 9.80 Å². The van der Waals surface area contributed by atoms with E-state index in [0.29, 0.717) is 44.4 Å². The number of hydrogen-bond donors (Lipinski definition) is 1. The fraction of sp³-hybridized carbons (Fsp3) is 0.600. The predicted molar refractivity (Wildman–Crippen MR) is 110 cm³/mol. The second kappa shape index (κ2) is 9.47. The van der Waals surface area contributed by atoms with E-state index in [9.17, 15) is 9.59 Å². The number of morpholine rings is 1. The average molecular weight is 409 g/mol. The first-order valence-corrected chi connectivity index (χ1v) is 10.3. The van der Waals surface area contributed by atoms with Gasteiger partial charge in [0.25, 0.3) is 0 Å².